The molecule has 1 heterocycles. The van der Waals surface area contributed by atoms with Crippen LogP contribution in [0, 0.1) is 19.8 Å². The highest BCUT2D eigenvalue weighted by Crippen LogP contribution is 2.30. The summed E-state index contributed by atoms with van der Waals surface area (Å²) in [6, 6.07) is 6.62. The van der Waals surface area contributed by atoms with Crippen LogP contribution in [0.4, 0.5) is 0 Å². The minimum absolute atomic E-state index is 0.140. The molecule has 0 radical (unpaired) electrons. The standard InChI is InChI=1S/C19H25NO2/c1-13-10-14(2)12-16(11-13)15-6-8-20(9-7-15)19(22)17-4-3-5-18(17)21/h6,10-12,17-18,21H,3-5,7-9H2,1-2H3. The Morgan fingerprint density at radius 3 is 2.45 bits per heavy atom. The van der Waals surface area contributed by atoms with E-state index in [9.17, 15) is 9.90 Å². The number of aryl methyl sites for hydroxylation is 2. The Bertz CT molecular complexity index is 585. The smallest absolute Gasteiger partial charge is 0.228 e. The van der Waals surface area contributed by atoms with Crippen LogP contribution in [0.3, 0.4) is 0 Å². The summed E-state index contributed by atoms with van der Waals surface area (Å²) in [6.45, 7) is 5.68. The van der Waals surface area contributed by atoms with Gasteiger partial charge in [0.1, 0.15) is 0 Å². The Balaban J connectivity index is 1.70. The van der Waals surface area contributed by atoms with Crippen LogP contribution in [0.15, 0.2) is 24.3 Å². The van der Waals surface area contributed by atoms with Gasteiger partial charge < -0.3 is 10.0 Å². The molecular weight excluding hydrogens is 274 g/mol. The van der Waals surface area contributed by atoms with Crippen LogP contribution in [-0.4, -0.2) is 35.1 Å². The van der Waals surface area contributed by atoms with Crippen molar-refractivity contribution in [1.29, 1.82) is 0 Å². The monoisotopic (exact) mass is 299 g/mol. The molecule has 1 N–H and O–H groups in total. The van der Waals surface area contributed by atoms with E-state index in [0.29, 0.717) is 6.54 Å². The van der Waals surface area contributed by atoms with Gasteiger partial charge in [-0.1, -0.05) is 35.4 Å². The molecule has 2 atom stereocenters. The zero-order valence-electron chi connectivity index (χ0n) is 13.5. The van der Waals surface area contributed by atoms with E-state index in [1.54, 1.807) is 0 Å². The third-order valence-corrected chi connectivity index (χ3v) is 4.91. The van der Waals surface area contributed by atoms with E-state index >= 15 is 0 Å². The SMILES string of the molecule is Cc1cc(C)cc(C2=CCN(C(=O)C3CCCC3O)CC2)c1. The van der Waals surface area contributed by atoms with Crippen LogP contribution in [0.5, 0.6) is 0 Å². The molecule has 0 bridgehead atoms. The van der Waals surface area contributed by atoms with Gasteiger partial charge in [0.05, 0.1) is 12.0 Å². The zero-order chi connectivity index (χ0) is 15.7. The molecule has 0 saturated heterocycles. The van der Waals surface area contributed by atoms with Gasteiger partial charge in [0.25, 0.3) is 0 Å². The highest BCUT2D eigenvalue weighted by Gasteiger charge is 2.34. The Kier molecular flexibility index (Phi) is 4.34. The summed E-state index contributed by atoms with van der Waals surface area (Å²) in [6.07, 6.45) is 5.22. The summed E-state index contributed by atoms with van der Waals surface area (Å²) >= 11 is 0. The molecule has 1 aromatic carbocycles. The molecule has 118 valence electrons. The van der Waals surface area contributed by atoms with Crippen LogP contribution in [0.2, 0.25) is 0 Å². The first-order chi connectivity index (χ1) is 10.5. The van der Waals surface area contributed by atoms with Crippen LogP contribution in [-0.2, 0) is 4.79 Å². The number of benzene rings is 1. The lowest BCUT2D eigenvalue weighted by atomic mass is 9.95. The normalized spacial score (nSPS) is 25.2. The number of carbonyl (C=O) groups is 1. The first-order valence-corrected chi connectivity index (χ1v) is 8.29. The highest BCUT2D eigenvalue weighted by atomic mass is 16.3. The summed E-state index contributed by atoms with van der Waals surface area (Å²) < 4.78 is 0. The van der Waals surface area contributed by atoms with Gasteiger partial charge in [-0.05, 0) is 50.7 Å². The van der Waals surface area contributed by atoms with Crippen molar-refractivity contribution in [2.24, 2.45) is 5.92 Å². The second-order valence-electron chi connectivity index (χ2n) is 6.74. The first kappa shape index (κ1) is 15.3. The van der Waals surface area contributed by atoms with Gasteiger partial charge >= 0.3 is 0 Å². The van der Waals surface area contributed by atoms with Crippen molar-refractivity contribution >= 4 is 11.5 Å². The predicted molar refractivity (Wildman–Crippen MR) is 88.4 cm³/mol. The first-order valence-electron chi connectivity index (χ1n) is 8.29. The molecule has 3 heteroatoms. The third kappa shape index (κ3) is 3.09. The molecule has 0 spiro atoms. The van der Waals surface area contributed by atoms with E-state index in [1.165, 1.54) is 22.3 Å². The number of nitrogens with zero attached hydrogens (tertiary/aromatic N) is 1. The lowest BCUT2D eigenvalue weighted by Crippen LogP contribution is -2.41. The molecule has 3 nitrogen and oxygen atoms in total. The van der Waals surface area contributed by atoms with Crippen molar-refractivity contribution in [2.75, 3.05) is 13.1 Å². The number of hydrogen-bond donors (Lipinski definition) is 1. The van der Waals surface area contributed by atoms with Gasteiger partial charge in [0.2, 0.25) is 5.91 Å². The molecule has 1 saturated carbocycles. The minimum atomic E-state index is -0.433. The largest absolute Gasteiger partial charge is 0.392 e. The quantitative estimate of drug-likeness (QED) is 0.911. The van der Waals surface area contributed by atoms with Gasteiger partial charge in [0, 0.05) is 13.1 Å². The molecule has 1 aromatic rings. The molecule has 1 aliphatic heterocycles. The summed E-state index contributed by atoms with van der Waals surface area (Å²) in [5.74, 6) is -0.0307. The molecular formula is C19H25NO2. The van der Waals surface area contributed by atoms with E-state index in [2.05, 4.69) is 38.1 Å². The molecule has 2 aliphatic rings. The molecule has 0 aromatic heterocycles. The Hall–Kier alpha value is -1.61. The van der Waals surface area contributed by atoms with E-state index in [1.807, 2.05) is 4.90 Å². The Labute approximate surface area is 132 Å². The van der Waals surface area contributed by atoms with Crippen molar-refractivity contribution in [1.82, 2.24) is 4.90 Å². The highest BCUT2D eigenvalue weighted by molar-refractivity contribution is 5.81. The lowest BCUT2D eigenvalue weighted by Gasteiger charge is -2.30. The van der Waals surface area contributed by atoms with Gasteiger partial charge in [-0.15, -0.1) is 0 Å². The predicted octanol–water partition coefficient (Wildman–Crippen LogP) is 3.08. The van der Waals surface area contributed by atoms with Gasteiger partial charge in [-0.3, -0.25) is 4.79 Å². The molecule has 1 aliphatic carbocycles. The number of aliphatic hydroxyl groups excluding tert-OH is 1. The van der Waals surface area contributed by atoms with Crippen molar-refractivity contribution < 1.29 is 9.90 Å². The number of aliphatic hydroxyl groups is 1. The van der Waals surface area contributed by atoms with Crippen molar-refractivity contribution in [3.05, 3.63) is 41.0 Å². The third-order valence-electron chi connectivity index (χ3n) is 4.91. The summed E-state index contributed by atoms with van der Waals surface area (Å²) in [5.41, 5.74) is 5.18. The minimum Gasteiger partial charge on any atom is -0.392 e. The molecule has 2 unspecified atom stereocenters. The van der Waals surface area contributed by atoms with Gasteiger partial charge in [0.15, 0.2) is 0 Å². The number of hydrogen-bond acceptors (Lipinski definition) is 2. The second-order valence-corrected chi connectivity index (χ2v) is 6.74. The number of carbonyl (C=O) groups excluding carboxylic acids is 1. The van der Waals surface area contributed by atoms with Crippen molar-refractivity contribution in [3.63, 3.8) is 0 Å². The summed E-state index contributed by atoms with van der Waals surface area (Å²) in [5, 5.41) is 9.92. The maximum absolute atomic E-state index is 12.5. The van der Waals surface area contributed by atoms with Gasteiger partial charge in [-0.2, -0.15) is 0 Å². The average molecular weight is 299 g/mol. The van der Waals surface area contributed by atoms with Gasteiger partial charge in [-0.25, -0.2) is 0 Å². The van der Waals surface area contributed by atoms with Crippen molar-refractivity contribution in [2.45, 2.75) is 45.6 Å². The maximum atomic E-state index is 12.5. The number of rotatable bonds is 2. The lowest BCUT2D eigenvalue weighted by molar-refractivity contribution is -0.137. The Morgan fingerprint density at radius 2 is 1.91 bits per heavy atom. The van der Waals surface area contributed by atoms with Crippen LogP contribution < -0.4 is 0 Å². The molecule has 22 heavy (non-hydrogen) atoms. The van der Waals surface area contributed by atoms with E-state index in [0.717, 1.165) is 32.2 Å². The van der Waals surface area contributed by atoms with E-state index in [4.69, 9.17) is 0 Å². The summed E-state index contributed by atoms with van der Waals surface area (Å²) in [4.78, 5) is 14.4. The van der Waals surface area contributed by atoms with E-state index < -0.39 is 6.10 Å². The molecule has 1 amide bonds. The Morgan fingerprint density at radius 1 is 1.18 bits per heavy atom. The molecule has 3 rings (SSSR count). The van der Waals surface area contributed by atoms with Crippen molar-refractivity contribution in [3.8, 4) is 0 Å². The molecule has 1 fully saturated rings. The number of amides is 1. The fourth-order valence-corrected chi connectivity index (χ4v) is 3.75. The summed E-state index contributed by atoms with van der Waals surface area (Å²) in [7, 11) is 0. The van der Waals surface area contributed by atoms with Crippen LogP contribution in [0.25, 0.3) is 5.57 Å². The topological polar surface area (TPSA) is 40.5 Å². The second kappa shape index (κ2) is 6.25. The van der Waals surface area contributed by atoms with Crippen LogP contribution in [0.1, 0.15) is 42.4 Å². The van der Waals surface area contributed by atoms with Crippen LogP contribution >= 0.6 is 0 Å². The fourth-order valence-electron chi connectivity index (χ4n) is 3.75. The fraction of sp³-hybridized carbons (Fsp3) is 0.526. The van der Waals surface area contributed by atoms with E-state index in [-0.39, 0.29) is 11.8 Å². The maximum Gasteiger partial charge on any atom is 0.228 e. The zero-order valence-corrected chi connectivity index (χ0v) is 13.5. The average Bonchev–Trinajstić information content (AvgIpc) is 2.92.